The monoisotopic (exact) mass is 208 g/mol. The summed E-state index contributed by atoms with van der Waals surface area (Å²) in [5.41, 5.74) is 0. The molecule has 0 amide bonds. The summed E-state index contributed by atoms with van der Waals surface area (Å²) in [5.74, 6) is 0. The first-order valence-corrected chi connectivity index (χ1v) is 2.84. The summed E-state index contributed by atoms with van der Waals surface area (Å²) in [5, 5.41) is 0. The van der Waals surface area contributed by atoms with E-state index in [1.807, 2.05) is 17.8 Å². The third kappa shape index (κ3) is 2.98. The molecule has 3 nitrogen and oxygen atoms in total. The van der Waals surface area contributed by atoms with Gasteiger partial charge in [-0.05, 0) is 6.92 Å². The van der Waals surface area contributed by atoms with Gasteiger partial charge in [-0.3, -0.25) is 0 Å². The topological polar surface area (TPSA) is 40.3 Å². The van der Waals surface area contributed by atoms with Crippen molar-refractivity contribution >= 4 is 0 Å². The summed E-state index contributed by atoms with van der Waals surface area (Å²) in [6.45, 7) is 3.18. The molecule has 0 aliphatic heterocycles. The molecular formula is C6H13BrN2O. The van der Waals surface area contributed by atoms with E-state index in [4.69, 9.17) is 0 Å². The average molecular weight is 209 g/mol. The fourth-order valence-corrected chi connectivity index (χ4v) is 0.689. The molecule has 0 fully saturated rings. The van der Waals surface area contributed by atoms with Crippen molar-refractivity contribution in [3.8, 4) is 0 Å². The zero-order valence-corrected chi connectivity index (χ0v) is 7.80. The minimum atomic E-state index is 0. The SMILES string of the molecule is CCn1cc[n+](C)c1.O.[Br-]. The maximum Gasteiger partial charge on any atom is 0.243 e. The first-order valence-electron chi connectivity index (χ1n) is 2.84. The number of imidazole rings is 1. The second kappa shape index (κ2) is 5.44. The third-order valence-electron chi connectivity index (χ3n) is 1.19. The van der Waals surface area contributed by atoms with Crippen LogP contribution in [0.25, 0.3) is 0 Å². The van der Waals surface area contributed by atoms with E-state index in [2.05, 4.69) is 24.0 Å². The van der Waals surface area contributed by atoms with Crippen molar-refractivity contribution in [2.75, 3.05) is 0 Å². The van der Waals surface area contributed by atoms with Gasteiger partial charge in [-0.1, -0.05) is 0 Å². The molecule has 2 N–H and O–H groups in total. The predicted octanol–water partition coefficient (Wildman–Crippen LogP) is -3.49. The first kappa shape index (κ1) is 12.3. The quantitative estimate of drug-likeness (QED) is 0.431. The highest BCUT2D eigenvalue weighted by Crippen LogP contribution is 1.79. The molecule has 0 saturated heterocycles. The Labute approximate surface area is 71.4 Å². The Morgan fingerprint density at radius 1 is 1.50 bits per heavy atom. The van der Waals surface area contributed by atoms with Gasteiger partial charge < -0.3 is 22.5 Å². The Kier molecular flexibility index (Phi) is 6.71. The summed E-state index contributed by atoms with van der Waals surface area (Å²) in [4.78, 5) is 0. The van der Waals surface area contributed by atoms with Gasteiger partial charge in [0, 0.05) is 0 Å². The highest BCUT2D eigenvalue weighted by molar-refractivity contribution is 4.63. The third-order valence-corrected chi connectivity index (χ3v) is 1.19. The minimum absolute atomic E-state index is 0. The van der Waals surface area contributed by atoms with Crippen LogP contribution in [0.4, 0.5) is 0 Å². The van der Waals surface area contributed by atoms with Crippen LogP contribution >= 0.6 is 0 Å². The molecule has 0 radical (unpaired) electrons. The van der Waals surface area contributed by atoms with Crippen molar-refractivity contribution in [1.82, 2.24) is 4.57 Å². The van der Waals surface area contributed by atoms with Crippen LogP contribution in [0.1, 0.15) is 6.92 Å². The lowest BCUT2D eigenvalue weighted by molar-refractivity contribution is -0.671. The molecule has 0 saturated carbocycles. The second-order valence-electron chi connectivity index (χ2n) is 1.91. The molecule has 4 heteroatoms. The van der Waals surface area contributed by atoms with Gasteiger partial charge in [0.2, 0.25) is 6.33 Å². The predicted molar refractivity (Wildman–Crippen MR) is 34.9 cm³/mol. The zero-order chi connectivity index (χ0) is 5.98. The average Bonchev–Trinajstić information content (AvgIpc) is 2.14. The Balaban J connectivity index is 0. The molecule has 1 heterocycles. The zero-order valence-electron chi connectivity index (χ0n) is 6.21. The van der Waals surface area contributed by atoms with Crippen LogP contribution in [0.15, 0.2) is 18.7 Å². The molecule has 0 bridgehead atoms. The van der Waals surface area contributed by atoms with Crippen LogP contribution in [-0.4, -0.2) is 10.0 Å². The van der Waals surface area contributed by atoms with Gasteiger partial charge in [-0.2, -0.15) is 0 Å². The van der Waals surface area contributed by atoms with Crippen LogP contribution in [0.3, 0.4) is 0 Å². The van der Waals surface area contributed by atoms with Crippen LogP contribution in [-0.2, 0) is 13.6 Å². The van der Waals surface area contributed by atoms with Crippen LogP contribution in [0.2, 0.25) is 0 Å². The number of hydrogen-bond donors (Lipinski definition) is 0. The van der Waals surface area contributed by atoms with Gasteiger partial charge in [0.05, 0.1) is 13.6 Å². The van der Waals surface area contributed by atoms with Crippen molar-refractivity contribution < 1.29 is 27.0 Å². The maximum absolute atomic E-state index is 2.12. The summed E-state index contributed by atoms with van der Waals surface area (Å²) >= 11 is 0. The van der Waals surface area contributed by atoms with E-state index in [-0.39, 0.29) is 22.5 Å². The largest absolute Gasteiger partial charge is 1.00 e. The number of rotatable bonds is 1. The van der Waals surface area contributed by atoms with Crippen molar-refractivity contribution in [3.63, 3.8) is 0 Å². The molecule has 1 aromatic rings. The Morgan fingerprint density at radius 3 is 2.30 bits per heavy atom. The van der Waals surface area contributed by atoms with Gasteiger partial charge in [0.25, 0.3) is 0 Å². The van der Waals surface area contributed by atoms with Crippen LogP contribution in [0, 0.1) is 0 Å². The first-order chi connectivity index (χ1) is 3.83. The van der Waals surface area contributed by atoms with Crippen molar-refractivity contribution in [3.05, 3.63) is 18.7 Å². The van der Waals surface area contributed by atoms with E-state index in [9.17, 15) is 0 Å². The molecule has 0 atom stereocenters. The smallest absolute Gasteiger partial charge is 0.243 e. The highest BCUT2D eigenvalue weighted by atomic mass is 79.9. The lowest BCUT2D eigenvalue weighted by Gasteiger charge is -1.81. The summed E-state index contributed by atoms with van der Waals surface area (Å²) in [6.07, 6.45) is 6.14. The normalized spacial score (nSPS) is 7.80. The number of aromatic nitrogens is 2. The van der Waals surface area contributed by atoms with Crippen molar-refractivity contribution in [1.29, 1.82) is 0 Å². The fourth-order valence-electron chi connectivity index (χ4n) is 0.689. The molecule has 0 aliphatic rings. The number of halogens is 1. The standard InChI is InChI=1S/C6H11N2.BrH.H2O/c1-3-8-5-4-7(2)6-8;;/h4-6H,3H2,1-2H3;1H;1H2/q+1;;/p-1. The van der Waals surface area contributed by atoms with E-state index >= 15 is 0 Å². The molecule has 0 aromatic carbocycles. The molecule has 1 rings (SSSR count). The Bertz CT molecular complexity index is 176. The maximum atomic E-state index is 2.12. The lowest BCUT2D eigenvalue weighted by Crippen LogP contribution is -3.00. The number of nitrogens with zero attached hydrogens (tertiary/aromatic N) is 2. The summed E-state index contributed by atoms with van der Waals surface area (Å²) in [6, 6.07) is 0. The van der Waals surface area contributed by atoms with Gasteiger partial charge in [0.15, 0.2) is 0 Å². The number of hydrogen-bond acceptors (Lipinski definition) is 0. The summed E-state index contributed by atoms with van der Waals surface area (Å²) < 4.78 is 4.16. The lowest BCUT2D eigenvalue weighted by atomic mass is 10.7. The number of aryl methyl sites for hydroxylation is 2. The summed E-state index contributed by atoms with van der Waals surface area (Å²) in [7, 11) is 2.02. The molecule has 0 aliphatic carbocycles. The molecule has 0 spiro atoms. The van der Waals surface area contributed by atoms with Crippen LogP contribution in [0.5, 0.6) is 0 Å². The molecule has 60 valence electrons. The van der Waals surface area contributed by atoms with Gasteiger partial charge in [0.1, 0.15) is 12.4 Å². The van der Waals surface area contributed by atoms with Crippen molar-refractivity contribution in [2.45, 2.75) is 13.5 Å². The molecule has 0 unspecified atom stereocenters. The van der Waals surface area contributed by atoms with Crippen molar-refractivity contribution in [2.24, 2.45) is 7.05 Å². The van der Waals surface area contributed by atoms with E-state index in [1.165, 1.54) is 0 Å². The molecule has 1 aromatic heterocycles. The van der Waals surface area contributed by atoms with E-state index in [1.54, 1.807) is 0 Å². The van der Waals surface area contributed by atoms with E-state index in [0.29, 0.717) is 0 Å². The van der Waals surface area contributed by atoms with Gasteiger partial charge >= 0.3 is 0 Å². The second-order valence-corrected chi connectivity index (χ2v) is 1.91. The Hall–Kier alpha value is -0.350. The van der Waals surface area contributed by atoms with E-state index in [0.717, 1.165) is 6.54 Å². The van der Waals surface area contributed by atoms with Gasteiger partial charge in [-0.15, -0.1) is 0 Å². The molecular weight excluding hydrogens is 196 g/mol. The van der Waals surface area contributed by atoms with Gasteiger partial charge in [-0.25, -0.2) is 9.13 Å². The highest BCUT2D eigenvalue weighted by Gasteiger charge is 1.92. The minimum Gasteiger partial charge on any atom is -1.00 e. The van der Waals surface area contributed by atoms with Crippen LogP contribution < -0.4 is 21.5 Å². The Morgan fingerprint density at radius 2 is 2.10 bits per heavy atom. The molecule has 10 heavy (non-hydrogen) atoms. The fraction of sp³-hybridized carbons (Fsp3) is 0.500. The van der Waals surface area contributed by atoms with E-state index < -0.39 is 0 Å².